The van der Waals surface area contributed by atoms with Gasteiger partial charge in [0.15, 0.2) is 0 Å². The first-order valence-corrected chi connectivity index (χ1v) is 6.46. The van der Waals surface area contributed by atoms with Crippen molar-refractivity contribution in [3.8, 4) is 0 Å². The van der Waals surface area contributed by atoms with Gasteiger partial charge in [-0.2, -0.15) is 0 Å². The number of nitrogens with zero attached hydrogens (tertiary/aromatic N) is 1. The molecule has 2 N–H and O–H groups in total. The minimum atomic E-state index is -0.957. The zero-order chi connectivity index (χ0) is 14.0. The number of aromatic nitrogens is 1. The van der Waals surface area contributed by atoms with E-state index < -0.39 is 5.97 Å². The van der Waals surface area contributed by atoms with Crippen molar-refractivity contribution in [1.82, 2.24) is 5.16 Å². The van der Waals surface area contributed by atoms with Gasteiger partial charge < -0.3 is 14.9 Å². The van der Waals surface area contributed by atoms with Crippen molar-refractivity contribution in [2.75, 3.05) is 5.32 Å². The van der Waals surface area contributed by atoms with Crippen LogP contribution in [0.25, 0.3) is 0 Å². The van der Waals surface area contributed by atoms with E-state index in [-0.39, 0.29) is 5.56 Å². The standard InChI is InChI=1S/C13H13BrN2O3/c1-7-12(8(2)19-16-7)6-15-11-4-9(13(17)18)3-10(14)5-11/h3-5,15H,6H2,1-2H3,(H,17,18). The SMILES string of the molecule is Cc1noc(C)c1CNc1cc(Br)cc(C(=O)O)c1. The fourth-order valence-corrected chi connectivity index (χ4v) is 2.25. The summed E-state index contributed by atoms with van der Waals surface area (Å²) < 4.78 is 5.79. The summed E-state index contributed by atoms with van der Waals surface area (Å²) in [4.78, 5) is 11.0. The van der Waals surface area contributed by atoms with Gasteiger partial charge in [0.2, 0.25) is 0 Å². The number of anilines is 1. The first-order valence-electron chi connectivity index (χ1n) is 5.67. The maximum absolute atomic E-state index is 11.0. The molecule has 0 aliphatic heterocycles. The summed E-state index contributed by atoms with van der Waals surface area (Å²) in [5.41, 5.74) is 2.78. The second-order valence-electron chi connectivity index (χ2n) is 4.19. The summed E-state index contributed by atoms with van der Waals surface area (Å²) in [6, 6.07) is 4.97. The molecule has 0 amide bonds. The Hall–Kier alpha value is -1.82. The number of aromatic carboxylic acids is 1. The Morgan fingerprint density at radius 2 is 2.16 bits per heavy atom. The Morgan fingerprint density at radius 1 is 1.42 bits per heavy atom. The lowest BCUT2D eigenvalue weighted by Crippen LogP contribution is -2.03. The monoisotopic (exact) mass is 324 g/mol. The van der Waals surface area contributed by atoms with Crippen LogP contribution in [0.4, 0.5) is 5.69 Å². The van der Waals surface area contributed by atoms with E-state index in [1.165, 1.54) is 0 Å². The van der Waals surface area contributed by atoms with Gasteiger partial charge in [0, 0.05) is 22.3 Å². The molecule has 0 saturated heterocycles. The van der Waals surface area contributed by atoms with E-state index >= 15 is 0 Å². The molecule has 2 rings (SSSR count). The van der Waals surface area contributed by atoms with Crippen molar-refractivity contribution in [3.63, 3.8) is 0 Å². The predicted octanol–water partition coefficient (Wildman–Crippen LogP) is 3.36. The van der Waals surface area contributed by atoms with Gasteiger partial charge in [-0.05, 0) is 32.0 Å². The van der Waals surface area contributed by atoms with Crippen LogP contribution in [0.1, 0.15) is 27.4 Å². The molecule has 100 valence electrons. The van der Waals surface area contributed by atoms with Gasteiger partial charge in [0.1, 0.15) is 5.76 Å². The molecule has 5 nitrogen and oxygen atoms in total. The minimum Gasteiger partial charge on any atom is -0.478 e. The van der Waals surface area contributed by atoms with Gasteiger partial charge in [0.25, 0.3) is 0 Å². The second-order valence-corrected chi connectivity index (χ2v) is 5.11. The van der Waals surface area contributed by atoms with Crippen molar-refractivity contribution >= 4 is 27.6 Å². The fourth-order valence-electron chi connectivity index (χ4n) is 1.76. The number of benzene rings is 1. The highest BCUT2D eigenvalue weighted by atomic mass is 79.9. The summed E-state index contributed by atoms with van der Waals surface area (Å²) in [5.74, 6) is -0.194. The number of rotatable bonds is 4. The molecule has 0 unspecified atom stereocenters. The van der Waals surface area contributed by atoms with Crippen LogP contribution in [0.5, 0.6) is 0 Å². The lowest BCUT2D eigenvalue weighted by atomic mass is 10.1. The Kier molecular flexibility index (Phi) is 3.90. The maximum atomic E-state index is 11.0. The number of hydrogen-bond donors (Lipinski definition) is 2. The first kappa shape index (κ1) is 13.6. The smallest absolute Gasteiger partial charge is 0.335 e. The summed E-state index contributed by atoms with van der Waals surface area (Å²) >= 11 is 3.29. The van der Waals surface area contributed by atoms with Crippen LogP contribution in [0.3, 0.4) is 0 Å². The molecule has 19 heavy (non-hydrogen) atoms. The molecular weight excluding hydrogens is 312 g/mol. The molecule has 0 spiro atoms. The van der Waals surface area contributed by atoms with E-state index in [4.69, 9.17) is 9.63 Å². The third-order valence-corrected chi connectivity index (χ3v) is 3.25. The Balaban J connectivity index is 2.18. The predicted molar refractivity (Wildman–Crippen MR) is 74.4 cm³/mol. The average Bonchev–Trinajstić information content (AvgIpc) is 2.66. The quantitative estimate of drug-likeness (QED) is 0.901. The third-order valence-electron chi connectivity index (χ3n) is 2.80. The first-order chi connectivity index (χ1) is 8.97. The summed E-state index contributed by atoms with van der Waals surface area (Å²) in [6.45, 7) is 4.26. The van der Waals surface area contributed by atoms with Crippen LogP contribution < -0.4 is 5.32 Å². The number of carbonyl (C=O) groups is 1. The highest BCUT2D eigenvalue weighted by molar-refractivity contribution is 9.10. The second kappa shape index (κ2) is 5.44. The lowest BCUT2D eigenvalue weighted by Gasteiger charge is -2.08. The molecule has 0 aliphatic rings. The van der Waals surface area contributed by atoms with Gasteiger partial charge in [-0.15, -0.1) is 0 Å². The fraction of sp³-hybridized carbons (Fsp3) is 0.231. The van der Waals surface area contributed by atoms with Crippen LogP contribution >= 0.6 is 15.9 Å². The Bertz CT molecular complexity index is 603. The van der Waals surface area contributed by atoms with E-state index in [0.717, 1.165) is 22.7 Å². The number of nitrogens with one attached hydrogen (secondary N) is 1. The van der Waals surface area contributed by atoms with Gasteiger partial charge in [-0.25, -0.2) is 4.79 Å². The maximum Gasteiger partial charge on any atom is 0.335 e. The number of halogens is 1. The number of aryl methyl sites for hydroxylation is 2. The van der Waals surface area contributed by atoms with E-state index in [1.807, 2.05) is 19.9 Å². The summed E-state index contributed by atoms with van der Waals surface area (Å²) in [7, 11) is 0. The van der Waals surface area contributed by atoms with Crippen LogP contribution in [-0.2, 0) is 6.54 Å². The van der Waals surface area contributed by atoms with Crippen LogP contribution in [0, 0.1) is 13.8 Å². The molecule has 0 atom stereocenters. The van der Waals surface area contributed by atoms with Crippen molar-refractivity contribution in [1.29, 1.82) is 0 Å². The van der Waals surface area contributed by atoms with Gasteiger partial charge in [-0.1, -0.05) is 21.1 Å². The lowest BCUT2D eigenvalue weighted by molar-refractivity contribution is 0.0697. The van der Waals surface area contributed by atoms with Crippen molar-refractivity contribution in [3.05, 3.63) is 45.3 Å². The molecule has 0 fully saturated rings. The largest absolute Gasteiger partial charge is 0.478 e. The summed E-state index contributed by atoms with van der Waals surface area (Å²) in [6.07, 6.45) is 0. The number of carboxylic acid groups (broad SMARTS) is 1. The number of hydrogen-bond acceptors (Lipinski definition) is 4. The van der Waals surface area contributed by atoms with Crippen molar-refractivity contribution in [2.45, 2.75) is 20.4 Å². The van der Waals surface area contributed by atoms with E-state index in [0.29, 0.717) is 11.0 Å². The average molecular weight is 325 g/mol. The Morgan fingerprint density at radius 3 is 2.74 bits per heavy atom. The topological polar surface area (TPSA) is 75.4 Å². The van der Waals surface area contributed by atoms with Crippen LogP contribution in [0.2, 0.25) is 0 Å². The molecule has 0 aliphatic carbocycles. The normalized spacial score (nSPS) is 10.5. The molecule has 1 heterocycles. The number of carboxylic acids is 1. The van der Waals surface area contributed by atoms with Gasteiger partial charge in [0.05, 0.1) is 11.3 Å². The van der Waals surface area contributed by atoms with Gasteiger partial charge in [-0.3, -0.25) is 0 Å². The van der Waals surface area contributed by atoms with Crippen molar-refractivity contribution < 1.29 is 14.4 Å². The third kappa shape index (κ3) is 3.14. The molecule has 1 aromatic carbocycles. The highest BCUT2D eigenvalue weighted by Gasteiger charge is 2.10. The summed E-state index contributed by atoms with van der Waals surface area (Å²) in [5, 5.41) is 16.0. The van der Waals surface area contributed by atoms with Crippen molar-refractivity contribution in [2.24, 2.45) is 0 Å². The zero-order valence-electron chi connectivity index (χ0n) is 10.5. The minimum absolute atomic E-state index is 0.232. The van der Waals surface area contributed by atoms with E-state index in [2.05, 4.69) is 26.4 Å². The molecule has 2 aromatic rings. The van der Waals surface area contributed by atoms with Crippen LogP contribution in [-0.4, -0.2) is 16.2 Å². The highest BCUT2D eigenvalue weighted by Crippen LogP contribution is 2.21. The zero-order valence-corrected chi connectivity index (χ0v) is 12.1. The van der Waals surface area contributed by atoms with Gasteiger partial charge >= 0.3 is 5.97 Å². The van der Waals surface area contributed by atoms with Crippen LogP contribution in [0.15, 0.2) is 27.2 Å². The molecule has 1 aromatic heterocycles. The molecule has 0 saturated carbocycles. The molecule has 6 heteroatoms. The Labute approximate surface area is 118 Å². The molecule has 0 radical (unpaired) electrons. The molecule has 0 bridgehead atoms. The van der Waals surface area contributed by atoms with E-state index in [1.54, 1.807) is 12.1 Å². The van der Waals surface area contributed by atoms with E-state index in [9.17, 15) is 4.79 Å². The molecular formula is C13H13BrN2O3.